The number of aromatic nitrogens is 2. The van der Waals surface area contributed by atoms with Gasteiger partial charge in [-0.05, 0) is 76.5 Å². The van der Waals surface area contributed by atoms with Crippen molar-refractivity contribution in [2.75, 3.05) is 10.8 Å². The van der Waals surface area contributed by atoms with Crippen molar-refractivity contribution in [1.82, 2.24) is 15.3 Å². The van der Waals surface area contributed by atoms with Crippen molar-refractivity contribution in [3.05, 3.63) is 91.7 Å². The molecule has 0 bridgehead atoms. The standard InChI is InChI=1S/C24H19Cl2IN4O3S/c1-14(15-5-8-18(25)19(26)11-15)13-30-24(32)17-7-6-16(27)12-22(17)31(35(33)34)21-4-2-3-20-23(21)29-10-9-28-20/h2-12,14H,13H2,1H3,(H,30,32)(H,33,34)/p-1. The third-order valence-electron chi connectivity index (χ3n) is 5.35. The minimum absolute atomic E-state index is 0.0564. The van der Waals surface area contributed by atoms with Gasteiger partial charge in [0.1, 0.15) is 5.52 Å². The summed E-state index contributed by atoms with van der Waals surface area (Å²) in [4.78, 5) is 21.8. The molecule has 4 rings (SSSR count). The number of fused-ring (bicyclic) bond motifs is 1. The number of amides is 1. The van der Waals surface area contributed by atoms with E-state index in [-0.39, 0.29) is 17.2 Å². The molecular formula is C24H18Cl2IN4O3S-. The summed E-state index contributed by atoms with van der Waals surface area (Å²) in [7, 11) is 0. The van der Waals surface area contributed by atoms with Crippen molar-refractivity contribution < 1.29 is 13.6 Å². The van der Waals surface area contributed by atoms with Gasteiger partial charge in [0, 0.05) is 22.5 Å². The maximum atomic E-state index is 13.2. The van der Waals surface area contributed by atoms with E-state index in [1.165, 1.54) is 12.4 Å². The fraction of sp³-hybridized carbons (Fsp3) is 0.125. The lowest BCUT2D eigenvalue weighted by Gasteiger charge is -2.29. The summed E-state index contributed by atoms with van der Waals surface area (Å²) >= 11 is 11.5. The van der Waals surface area contributed by atoms with Crippen LogP contribution in [-0.2, 0) is 11.3 Å². The largest absolute Gasteiger partial charge is 0.755 e. The van der Waals surface area contributed by atoms with Crippen LogP contribution >= 0.6 is 45.8 Å². The van der Waals surface area contributed by atoms with E-state index in [4.69, 9.17) is 23.2 Å². The molecule has 0 aliphatic heterocycles. The van der Waals surface area contributed by atoms with Crippen molar-refractivity contribution >= 4 is 85.4 Å². The van der Waals surface area contributed by atoms with Crippen LogP contribution in [0.25, 0.3) is 11.0 Å². The van der Waals surface area contributed by atoms with Crippen LogP contribution in [0.15, 0.2) is 67.0 Å². The Morgan fingerprint density at radius 2 is 1.86 bits per heavy atom. The molecule has 1 aromatic heterocycles. The Morgan fingerprint density at radius 3 is 2.60 bits per heavy atom. The predicted octanol–water partition coefficient (Wildman–Crippen LogP) is 6.01. The molecule has 180 valence electrons. The highest BCUT2D eigenvalue weighted by atomic mass is 127. The van der Waals surface area contributed by atoms with Gasteiger partial charge in [0.05, 0.1) is 43.8 Å². The maximum Gasteiger partial charge on any atom is 0.253 e. The van der Waals surface area contributed by atoms with Gasteiger partial charge in [-0.15, -0.1) is 0 Å². The van der Waals surface area contributed by atoms with Crippen LogP contribution < -0.4 is 9.62 Å². The number of carbonyl (C=O) groups excluding carboxylic acids is 1. The lowest BCUT2D eigenvalue weighted by molar-refractivity contribution is 0.0952. The average Bonchev–Trinajstić information content (AvgIpc) is 2.84. The van der Waals surface area contributed by atoms with Crippen molar-refractivity contribution in [1.29, 1.82) is 0 Å². The second-order valence-corrected chi connectivity index (χ2v) is 10.5. The first kappa shape index (κ1) is 25.8. The third kappa shape index (κ3) is 5.75. The first-order valence-electron chi connectivity index (χ1n) is 10.4. The van der Waals surface area contributed by atoms with E-state index in [9.17, 15) is 13.6 Å². The van der Waals surface area contributed by atoms with Crippen molar-refractivity contribution in [3.63, 3.8) is 0 Å². The molecular weight excluding hydrogens is 622 g/mol. The Kier molecular flexibility index (Phi) is 8.23. The van der Waals surface area contributed by atoms with Crippen LogP contribution in [0.2, 0.25) is 10.0 Å². The minimum atomic E-state index is -2.74. The zero-order chi connectivity index (χ0) is 25.1. The Labute approximate surface area is 228 Å². The van der Waals surface area contributed by atoms with E-state index >= 15 is 0 Å². The molecule has 2 atom stereocenters. The van der Waals surface area contributed by atoms with Crippen molar-refractivity contribution in [2.24, 2.45) is 0 Å². The molecule has 1 amide bonds. The average molecular weight is 640 g/mol. The van der Waals surface area contributed by atoms with Gasteiger partial charge < -0.3 is 9.87 Å². The van der Waals surface area contributed by atoms with Crippen LogP contribution in [-0.4, -0.2) is 31.2 Å². The van der Waals surface area contributed by atoms with Gasteiger partial charge in [-0.3, -0.25) is 23.3 Å². The lowest BCUT2D eigenvalue weighted by atomic mass is 10.0. The van der Waals surface area contributed by atoms with Crippen LogP contribution in [0.5, 0.6) is 0 Å². The number of hydrogen-bond acceptors (Lipinski definition) is 5. The number of rotatable bonds is 7. The van der Waals surface area contributed by atoms with Gasteiger partial charge in [0.25, 0.3) is 5.91 Å². The first-order valence-corrected chi connectivity index (χ1v) is 13.2. The molecule has 3 aromatic carbocycles. The Hall–Kier alpha value is -2.31. The number of para-hydroxylation sites is 1. The number of anilines is 2. The first-order chi connectivity index (χ1) is 16.8. The van der Waals surface area contributed by atoms with E-state index in [1.807, 2.05) is 13.0 Å². The number of nitrogens with one attached hydrogen (secondary N) is 1. The zero-order valence-corrected chi connectivity index (χ0v) is 22.7. The van der Waals surface area contributed by atoms with Crippen molar-refractivity contribution in [2.45, 2.75) is 12.8 Å². The summed E-state index contributed by atoms with van der Waals surface area (Å²) in [5.41, 5.74) is 2.56. The number of halogens is 3. The SMILES string of the molecule is CC(CNC(=O)c1ccc(I)cc1N(c1cccc2nccnc12)S(=O)[O-])c1ccc(Cl)c(Cl)c1. The number of carbonyl (C=O) groups is 1. The number of nitrogens with zero attached hydrogens (tertiary/aromatic N) is 3. The Balaban J connectivity index is 1.67. The van der Waals surface area contributed by atoms with Gasteiger partial charge in [-0.25, -0.2) is 0 Å². The monoisotopic (exact) mass is 639 g/mol. The molecule has 0 saturated carbocycles. The van der Waals surface area contributed by atoms with Gasteiger partial charge in [0.2, 0.25) is 0 Å². The van der Waals surface area contributed by atoms with Gasteiger partial charge in [-0.1, -0.05) is 42.3 Å². The summed E-state index contributed by atoms with van der Waals surface area (Å²) in [6.45, 7) is 2.25. The predicted molar refractivity (Wildman–Crippen MR) is 147 cm³/mol. The smallest absolute Gasteiger partial charge is 0.253 e. The van der Waals surface area contributed by atoms with Crippen molar-refractivity contribution in [3.8, 4) is 0 Å². The molecule has 35 heavy (non-hydrogen) atoms. The van der Waals surface area contributed by atoms with E-state index in [0.717, 1.165) is 13.4 Å². The second kappa shape index (κ2) is 11.2. The molecule has 0 radical (unpaired) electrons. The molecule has 4 aromatic rings. The number of hydrogen-bond donors (Lipinski definition) is 1. The molecule has 0 aliphatic carbocycles. The quantitative estimate of drug-likeness (QED) is 0.197. The van der Waals surface area contributed by atoms with E-state index in [1.54, 1.807) is 48.5 Å². The third-order valence-corrected chi connectivity index (χ3v) is 7.45. The molecule has 11 heteroatoms. The van der Waals surface area contributed by atoms with Gasteiger partial charge >= 0.3 is 0 Å². The van der Waals surface area contributed by atoms with Crippen LogP contribution in [0, 0.1) is 3.57 Å². The van der Waals surface area contributed by atoms with Crippen LogP contribution in [0.3, 0.4) is 0 Å². The summed E-state index contributed by atoms with van der Waals surface area (Å²) in [5.74, 6) is -0.468. The molecule has 0 aliphatic rings. The van der Waals surface area contributed by atoms with E-state index in [0.29, 0.717) is 33.3 Å². The summed E-state index contributed by atoms with van der Waals surface area (Å²) < 4.78 is 26.8. The normalized spacial score (nSPS) is 12.8. The Morgan fingerprint density at radius 1 is 1.09 bits per heavy atom. The molecule has 1 heterocycles. The molecule has 2 unspecified atom stereocenters. The highest BCUT2D eigenvalue weighted by Gasteiger charge is 2.22. The maximum absolute atomic E-state index is 13.2. The Bertz CT molecular complexity index is 1430. The van der Waals surface area contributed by atoms with Gasteiger partial charge in [0.15, 0.2) is 0 Å². The topological polar surface area (TPSA) is 98.2 Å². The van der Waals surface area contributed by atoms with E-state index in [2.05, 4.69) is 37.9 Å². The second-order valence-electron chi connectivity index (χ2n) is 7.66. The lowest BCUT2D eigenvalue weighted by Crippen LogP contribution is -2.30. The van der Waals surface area contributed by atoms with E-state index < -0.39 is 17.2 Å². The van der Waals surface area contributed by atoms with Crippen LogP contribution in [0.1, 0.15) is 28.8 Å². The summed E-state index contributed by atoms with van der Waals surface area (Å²) in [6.07, 6.45) is 3.02. The molecule has 0 fully saturated rings. The number of benzene rings is 3. The summed E-state index contributed by atoms with van der Waals surface area (Å²) in [6, 6.07) is 15.4. The highest BCUT2D eigenvalue weighted by molar-refractivity contribution is 14.1. The summed E-state index contributed by atoms with van der Waals surface area (Å²) in [5, 5.41) is 3.80. The highest BCUT2D eigenvalue weighted by Crippen LogP contribution is 2.35. The molecule has 0 spiro atoms. The fourth-order valence-electron chi connectivity index (χ4n) is 3.57. The fourth-order valence-corrected chi connectivity index (χ4v) is 4.98. The van der Waals surface area contributed by atoms with Crippen LogP contribution in [0.4, 0.5) is 11.4 Å². The van der Waals surface area contributed by atoms with Gasteiger partial charge in [-0.2, -0.15) is 0 Å². The molecule has 1 N–H and O–H groups in total. The molecule has 0 saturated heterocycles. The zero-order valence-electron chi connectivity index (χ0n) is 18.2. The minimum Gasteiger partial charge on any atom is -0.755 e. The molecule has 7 nitrogen and oxygen atoms in total.